The molecule has 2 aliphatic rings. The minimum absolute atomic E-state index is 0.351. The Balaban J connectivity index is 1.07. The lowest BCUT2D eigenvalue weighted by Gasteiger charge is -2.50. The van der Waals surface area contributed by atoms with Gasteiger partial charge in [0.2, 0.25) is 0 Å². The quantitative estimate of drug-likeness (QED) is 0.174. The van der Waals surface area contributed by atoms with Crippen LogP contribution in [0.1, 0.15) is 49.9 Å². The summed E-state index contributed by atoms with van der Waals surface area (Å²) < 4.78 is 7.43. The van der Waals surface area contributed by atoms with E-state index in [-0.39, 0.29) is 10.8 Å². The van der Waals surface area contributed by atoms with E-state index in [0.717, 1.165) is 0 Å². The van der Waals surface area contributed by atoms with Gasteiger partial charge < -0.3 is 18.6 Å². The second kappa shape index (κ2) is 12.4. The number of benzene rings is 9. The molecule has 0 radical (unpaired) electrons. The average molecular weight is 821 g/mol. The Morgan fingerprint density at radius 3 is 0.859 bits per heavy atom. The van der Waals surface area contributed by atoms with Crippen molar-refractivity contribution >= 4 is 82.5 Å². The molecule has 0 fully saturated rings. The van der Waals surface area contributed by atoms with E-state index in [0.29, 0.717) is 0 Å². The number of hydrogen-bond acceptors (Lipinski definition) is 1. The van der Waals surface area contributed by atoms with Crippen LogP contribution in [0.4, 0.5) is 17.1 Å². The number of rotatable bonds is 3. The van der Waals surface area contributed by atoms with Crippen LogP contribution in [-0.4, -0.2) is 13.7 Å². The van der Waals surface area contributed by atoms with Crippen molar-refractivity contribution in [3.63, 3.8) is 0 Å². The molecule has 4 nitrogen and oxygen atoms in total. The predicted molar refractivity (Wildman–Crippen MR) is 268 cm³/mol. The topological polar surface area (TPSA) is 18.0 Å². The number of hydrogen-bond donors (Lipinski definition) is 0. The van der Waals surface area contributed by atoms with Crippen molar-refractivity contribution in [3.8, 4) is 17.1 Å². The van der Waals surface area contributed by atoms with Gasteiger partial charge in [-0.25, -0.2) is 0 Å². The summed E-state index contributed by atoms with van der Waals surface area (Å²) in [7, 11) is 0. The monoisotopic (exact) mass is 820 g/mol. The summed E-state index contributed by atoms with van der Waals surface area (Å²) >= 11 is 0. The first kappa shape index (κ1) is 35.7. The minimum atomic E-state index is -0.351. The molecule has 5 heterocycles. The third kappa shape index (κ3) is 4.52. The summed E-state index contributed by atoms with van der Waals surface area (Å²) in [6.45, 7) is 9.77. The van der Waals surface area contributed by atoms with Crippen LogP contribution in [0.3, 0.4) is 0 Å². The molecule has 9 aromatic carbocycles. The normalized spacial score (nSPS) is 14.8. The fraction of sp³-hybridized carbons (Fsp3) is 0.100. The molecule has 304 valence electrons. The van der Waals surface area contributed by atoms with Crippen LogP contribution in [0.2, 0.25) is 0 Å². The Kier molecular flexibility index (Phi) is 6.94. The molecular weight excluding hydrogens is 777 g/mol. The van der Waals surface area contributed by atoms with E-state index in [2.05, 4.69) is 240 Å². The summed E-state index contributed by atoms with van der Waals surface area (Å²) in [4.78, 5) is 2.60. The molecule has 14 rings (SSSR count). The summed E-state index contributed by atoms with van der Waals surface area (Å²) in [6, 6.07) is 72.6. The Morgan fingerprint density at radius 1 is 0.281 bits per heavy atom. The molecule has 0 N–H and O–H groups in total. The van der Waals surface area contributed by atoms with Gasteiger partial charge in [0.25, 0.3) is 0 Å². The Labute approximate surface area is 371 Å². The van der Waals surface area contributed by atoms with E-state index in [1.54, 1.807) is 0 Å². The zero-order valence-corrected chi connectivity index (χ0v) is 36.3. The smallest absolute Gasteiger partial charge is 0.0545 e. The highest BCUT2D eigenvalue weighted by Gasteiger charge is 2.46. The zero-order chi connectivity index (χ0) is 42.6. The highest BCUT2D eigenvalue weighted by atomic mass is 15.2. The maximum absolute atomic E-state index is 2.60. The van der Waals surface area contributed by atoms with Crippen molar-refractivity contribution in [2.24, 2.45) is 0 Å². The van der Waals surface area contributed by atoms with Crippen LogP contribution in [0.25, 0.3) is 82.5 Å². The third-order valence-electron chi connectivity index (χ3n) is 15.0. The first-order chi connectivity index (χ1) is 31.3. The van der Waals surface area contributed by atoms with Gasteiger partial charge in [-0.3, -0.25) is 0 Å². The van der Waals surface area contributed by atoms with Crippen LogP contribution in [0.5, 0.6) is 0 Å². The van der Waals surface area contributed by atoms with Gasteiger partial charge in [-0.15, -0.1) is 0 Å². The second-order valence-corrected chi connectivity index (χ2v) is 19.0. The molecule has 0 amide bonds. The first-order valence-electron chi connectivity index (χ1n) is 22.5. The average Bonchev–Trinajstić information content (AvgIpc) is 3.97. The van der Waals surface area contributed by atoms with E-state index in [9.17, 15) is 0 Å². The fourth-order valence-corrected chi connectivity index (χ4v) is 11.9. The van der Waals surface area contributed by atoms with Crippen molar-refractivity contribution in [2.75, 3.05) is 4.90 Å². The Bertz CT molecular complexity index is 3620. The third-order valence-corrected chi connectivity index (χ3v) is 15.0. The van der Waals surface area contributed by atoms with E-state index < -0.39 is 0 Å². The lowest BCUT2D eigenvalue weighted by Crippen LogP contribution is -2.38. The molecule has 0 saturated carbocycles. The van der Waals surface area contributed by atoms with E-state index in [1.807, 2.05) is 0 Å². The molecule has 64 heavy (non-hydrogen) atoms. The molecule has 0 spiro atoms. The highest BCUT2D eigenvalue weighted by molar-refractivity contribution is 6.11. The van der Waals surface area contributed by atoms with Gasteiger partial charge in [0.05, 0.1) is 50.2 Å². The van der Waals surface area contributed by atoms with Gasteiger partial charge in [-0.1, -0.05) is 137 Å². The molecule has 0 saturated heterocycles. The van der Waals surface area contributed by atoms with Crippen LogP contribution < -0.4 is 4.90 Å². The first-order valence-corrected chi connectivity index (χ1v) is 22.5. The van der Waals surface area contributed by atoms with Crippen molar-refractivity contribution in [3.05, 3.63) is 216 Å². The predicted octanol–water partition coefficient (Wildman–Crippen LogP) is 15.7. The van der Waals surface area contributed by atoms with Gasteiger partial charge in [-0.05, 0) is 107 Å². The van der Waals surface area contributed by atoms with Gasteiger partial charge in [0, 0.05) is 60.2 Å². The van der Waals surface area contributed by atoms with Crippen molar-refractivity contribution in [1.82, 2.24) is 13.7 Å². The minimum Gasteiger partial charge on any atom is -0.309 e. The molecule has 0 bridgehead atoms. The molecule has 0 aliphatic carbocycles. The Morgan fingerprint density at radius 2 is 0.547 bits per heavy atom. The fourth-order valence-electron chi connectivity index (χ4n) is 11.9. The summed E-state index contributed by atoms with van der Waals surface area (Å²) in [5.74, 6) is 0. The SMILES string of the molecule is CC1(C)c2cc(-n3c4ccccc4c4ccccc43)ccc2N2c3ccc(-n4c5ccccc5c5ccccc54)cc3C(C)(C)c3cc(-n4c5ccccc5c5ccccc54)cc1c32. The lowest BCUT2D eigenvalue weighted by atomic mass is 9.66. The van der Waals surface area contributed by atoms with Gasteiger partial charge in [0.15, 0.2) is 0 Å². The van der Waals surface area contributed by atoms with E-state index in [4.69, 9.17) is 0 Å². The van der Waals surface area contributed by atoms with Gasteiger partial charge in [0.1, 0.15) is 0 Å². The molecule has 0 unspecified atom stereocenters. The summed E-state index contributed by atoms with van der Waals surface area (Å²) in [6.07, 6.45) is 0. The molecule has 4 heteroatoms. The number of aromatic nitrogens is 3. The number of anilines is 3. The van der Waals surface area contributed by atoms with Crippen LogP contribution in [0.15, 0.2) is 194 Å². The Hall–Kier alpha value is -7.82. The molecular formula is C60H44N4. The number of fused-ring (bicyclic) bond motifs is 13. The van der Waals surface area contributed by atoms with Crippen molar-refractivity contribution < 1.29 is 0 Å². The van der Waals surface area contributed by atoms with Crippen molar-refractivity contribution in [2.45, 2.75) is 38.5 Å². The highest BCUT2D eigenvalue weighted by Crippen LogP contribution is 2.61. The number of nitrogens with zero attached hydrogens (tertiary/aromatic N) is 4. The van der Waals surface area contributed by atoms with Crippen LogP contribution in [0, 0.1) is 0 Å². The van der Waals surface area contributed by atoms with Gasteiger partial charge >= 0.3 is 0 Å². The summed E-state index contributed by atoms with van der Waals surface area (Å²) in [5, 5.41) is 7.62. The largest absolute Gasteiger partial charge is 0.309 e. The van der Waals surface area contributed by atoms with Crippen LogP contribution >= 0.6 is 0 Å². The maximum Gasteiger partial charge on any atom is 0.0545 e. The van der Waals surface area contributed by atoms with Crippen LogP contribution in [-0.2, 0) is 10.8 Å². The molecule has 2 aliphatic heterocycles. The maximum atomic E-state index is 2.60. The van der Waals surface area contributed by atoms with Crippen molar-refractivity contribution in [1.29, 1.82) is 0 Å². The lowest BCUT2D eigenvalue weighted by molar-refractivity contribution is 0.596. The number of para-hydroxylation sites is 6. The molecule has 12 aromatic rings. The zero-order valence-electron chi connectivity index (χ0n) is 36.3. The van der Waals surface area contributed by atoms with Gasteiger partial charge in [-0.2, -0.15) is 0 Å². The standard InChI is InChI=1S/C60H44N4/c1-59(2)46-33-37(61-50-23-11-5-17-40(50)41-18-6-12-24-51(41)61)29-31-56(46)64-57-32-30-38(62-52-25-13-7-19-42(52)43-20-8-14-26-53(43)62)34-47(57)60(3,4)49-36-39(35-48(59)58(49)64)63-54-27-15-9-21-44(54)45-22-10-16-28-55(45)63/h5-36H,1-4H3. The molecule has 3 aromatic heterocycles. The van der Waals surface area contributed by atoms with E-state index in [1.165, 1.54) is 122 Å². The molecule has 0 atom stereocenters. The summed E-state index contributed by atoms with van der Waals surface area (Å²) in [5.41, 5.74) is 19.2. The second-order valence-electron chi connectivity index (χ2n) is 19.0. The van der Waals surface area contributed by atoms with E-state index >= 15 is 0 Å².